The van der Waals surface area contributed by atoms with Crippen LogP contribution in [0.15, 0.2) is 18.2 Å². The molecule has 0 radical (unpaired) electrons. The highest BCUT2D eigenvalue weighted by Crippen LogP contribution is 2.33. The van der Waals surface area contributed by atoms with E-state index in [2.05, 4.69) is 4.74 Å². The highest BCUT2D eigenvalue weighted by molar-refractivity contribution is 5.98. The second-order valence-corrected chi connectivity index (χ2v) is 4.87. The van der Waals surface area contributed by atoms with Crippen molar-refractivity contribution in [3.63, 3.8) is 0 Å². The normalized spacial score (nSPS) is 17.9. The lowest BCUT2D eigenvalue weighted by Crippen LogP contribution is -2.45. The molecule has 124 valence electrons. The van der Waals surface area contributed by atoms with Gasteiger partial charge in [-0.15, -0.1) is 12.4 Å². The average molecular weight is 337 g/mol. The number of likely N-dealkylation sites (tertiary alicyclic amines) is 1. The first kappa shape index (κ1) is 18.4. The molecule has 1 aliphatic rings. The zero-order valence-corrected chi connectivity index (χ0v) is 12.9. The van der Waals surface area contributed by atoms with Crippen molar-refractivity contribution in [2.75, 3.05) is 20.2 Å². The van der Waals surface area contributed by atoms with Crippen LogP contribution in [0.5, 0.6) is 11.5 Å². The first-order valence-corrected chi connectivity index (χ1v) is 6.69. The fourth-order valence-corrected chi connectivity index (χ4v) is 2.42. The Balaban J connectivity index is 0.00000242. The smallest absolute Gasteiger partial charge is 0.387 e. The van der Waals surface area contributed by atoms with Crippen molar-refractivity contribution >= 4 is 18.3 Å². The molecule has 2 N–H and O–H groups in total. The molecule has 1 aromatic rings. The molecular formula is C14H19ClF2N2O3. The van der Waals surface area contributed by atoms with Crippen LogP contribution in [0.2, 0.25) is 0 Å². The van der Waals surface area contributed by atoms with Crippen LogP contribution in [-0.2, 0) is 0 Å². The second kappa shape index (κ2) is 8.14. The number of methoxy groups -OCH3 is 1. The van der Waals surface area contributed by atoms with Gasteiger partial charge in [0.05, 0.1) is 12.7 Å². The number of piperidine rings is 1. The summed E-state index contributed by atoms with van der Waals surface area (Å²) < 4.78 is 34.6. The van der Waals surface area contributed by atoms with Crippen LogP contribution in [0.1, 0.15) is 23.2 Å². The SMILES string of the molecule is COc1cccc(C(=O)N2CCCC(N)C2)c1OC(F)F.Cl. The minimum Gasteiger partial charge on any atom is -0.493 e. The molecule has 22 heavy (non-hydrogen) atoms. The van der Waals surface area contributed by atoms with Gasteiger partial charge in [-0.1, -0.05) is 6.07 Å². The lowest BCUT2D eigenvalue weighted by molar-refractivity contribution is -0.0516. The van der Waals surface area contributed by atoms with E-state index in [1.807, 2.05) is 0 Å². The summed E-state index contributed by atoms with van der Waals surface area (Å²) in [5, 5.41) is 0. The van der Waals surface area contributed by atoms with Crippen molar-refractivity contribution in [2.24, 2.45) is 5.73 Å². The maximum atomic E-state index is 12.6. The van der Waals surface area contributed by atoms with E-state index < -0.39 is 6.61 Å². The second-order valence-electron chi connectivity index (χ2n) is 4.87. The number of amides is 1. The topological polar surface area (TPSA) is 64.8 Å². The predicted octanol–water partition coefficient (Wildman–Crippen LogP) is 2.28. The van der Waals surface area contributed by atoms with Gasteiger partial charge in [0.1, 0.15) is 0 Å². The molecule has 5 nitrogen and oxygen atoms in total. The van der Waals surface area contributed by atoms with Crippen molar-refractivity contribution in [1.29, 1.82) is 0 Å². The zero-order valence-electron chi connectivity index (χ0n) is 12.1. The summed E-state index contributed by atoms with van der Waals surface area (Å²) in [7, 11) is 1.33. The van der Waals surface area contributed by atoms with E-state index in [1.54, 1.807) is 11.0 Å². The Labute approximate surface area is 133 Å². The number of carbonyl (C=O) groups excluding carboxylic acids is 1. The van der Waals surface area contributed by atoms with Crippen LogP contribution in [0.4, 0.5) is 8.78 Å². The van der Waals surface area contributed by atoms with E-state index in [0.717, 1.165) is 12.8 Å². The summed E-state index contributed by atoms with van der Waals surface area (Å²) in [6, 6.07) is 4.39. The number of nitrogens with two attached hydrogens (primary N) is 1. The van der Waals surface area contributed by atoms with Gasteiger partial charge in [-0.25, -0.2) is 0 Å². The number of halogens is 3. The van der Waals surface area contributed by atoms with Crippen LogP contribution < -0.4 is 15.2 Å². The number of ether oxygens (including phenoxy) is 2. The fraction of sp³-hybridized carbons (Fsp3) is 0.500. The molecule has 2 rings (SSSR count). The molecule has 1 unspecified atom stereocenters. The van der Waals surface area contributed by atoms with E-state index >= 15 is 0 Å². The summed E-state index contributed by atoms with van der Waals surface area (Å²) in [5.74, 6) is -0.513. The van der Waals surface area contributed by atoms with Gasteiger partial charge in [0.25, 0.3) is 5.91 Å². The number of hydrogen-bond donors (Lipinski definition) is 1. The predicted molar refractivity (Wildman–Crippen MR) is 80.0 cm³/mol. The van der Waals surface area contributed by atoms with Gasteiger partial charge in [0.15, 0.2) is 11.5 Å². The first-order chi connectivity index (χ1) is 10.0. The third-order valence-corrected chi connectivity index (χ3v) is 3.38. The fourth-order valence-electron chi connectivity index (χ4n) is 2.42. The largest absolute Gasteiger partial charge is 0.493 e. The van der Waals surface area contributed by atoms with E-state index in [0.29, 0.717) is 13.1 Å². The number of alkyl halides is 2. The van der Waals surface area contributed by atoms with Crippen molar-refractivity contribution in [3.8, 4) is 11.5 Å². The van der Waals surface area contributed by atoms with Crippen LogP contribution in [0.3, 0.4) is 0 Å². The van der Waals surface area contributed by atoms with E-state index in [1.165, 1.54) is 19.2 Å². The van der Waals surface area contributed by atoms with Crippen molar-refractivity contribution in [3.05, 3.63) is 23.8 Å². The van der Waals surface area contributed by atoms with Gasteiger partial charge in [0, 0.05) is 19.1 Å². The number of para-hydroxylation sites is 1. The molecule has 1 saturated heterocycles. The van der Waals surface area contributed by atoms with Gasteiger partial charge in [-0.2, -0.15) is 8.78 Å². The maximum absolute atomic E-state index is 12.6. The number of rotatable bonds is 4. The molecule has 1 aliphatic heterocycles. The van der Waals surface area contributed by atoms with Crippen LogP contribution in [0.25, 0.3) is 0 Å². The van der Waals surface area contributed by atoms with Crippen molar-refractivity contribution in [1.82, 2.24) is 4.90 Å². The molecule has 1 atom stereocenters. The minimum absolute atomic E-state index is 0. The van der Waals surface area contributed by atoms with Gasteiger partial charge < -0.3 is 20.1 Å². The summed E-state index contributed by atoms with van der Waals surface area (Å²) >= 11 is 0. The third-order valence-electron chi connectivity index (χ3n) is 3.38. The molecule has 0 bridgehead atoms. The standard InChI is InChI=1S/C14H18F2N2O3.ClH/c1-20-11-6-2-5-10(12(11)21-14(15)16)13(19)18-7-3-4-9(17)8-18;/h2,5-6,9,14H,3-4,7-8,17H2,1H3;1H. The average Bonchev–Trinajstić information content (AvgIpc) is 2.46. The number of carbonyl (C=O) groups is 1. The van der Waals surface area contributed by atoms with Gasteiger partial charge in [-0.3, -0.25) is 4.79 Å². The van der Waals surface area contributed by atoms with Crippen LogP contribution >= 0.6 is 12.4 Å². The van der Waals surface area contributed by atoms with Crippen molar-refractivity contribution in [2.45, 2.75) is 25.5 Å². The highest BCUT2D eigenvalue weighted by Gasteiger charge is 2.27. The van der Waals surface area contributed by atoms with E-state index in [4.69, 9.17) is 10.5 Å². The molecule has 0 spiro atoms. The molecule has 0 aliphatic carbocycles. The van der Waals surface area contributed by atoms with Crippen molar-refractivity contribution < 1.29 is 23.0 Å². The minimum atomic E-state index is -3.03. The van der Waals surface area contributed by atoms with Crippen LogP contribution in [-0.4, -0.2) is 43.7 Å². The third kappa shape index (κ3) is 4.20. The monoisotopic (exact) mass is 336 g/mol. The molecule has 8 heteroatoms. The molecule has 1 fully saturated rings. The maximum Gasteiger partial charge on any atom is 0.387 e. The Kier molecular flexibility index (Phi) is 6.83. The lowest BCUT2D eigenvalue weighted by Gasteiger charge is -2.31. The van der Waals surface area contributed by atoms with Crippen LogP contribution in [0, 0.1) is 0 Å². The number of nitrogens with zero attached hydrogens (tertiary/aromatic N) is 1. The first-order valence-electron chi connectivity index (χ1n) is 6.69. The van der Waals surface area contributed by atoms with E-state index in [9.17, 15) is 13.6 Å². The van der Waals surface area contributed by atoms with E-state index in [-0.39, 0.29) is 41.4 Å². The Morgan fingerprint density at radius 3 is 2.77 bits per heavy atom. The summed E-state index contributed by atoms with van der Waals surface area (Å²) in [5.41, 5.74) is 5.91. The summed E-state index contributed by atoms with van der Waals surface area (Å²) in [4.78, 5) is 14.1. The molecule has 0 saturated carbocycles. The Morgan fingerprint density at radius 1 is 1.45 bits per heavy atom. The quantitative estimate of drug-likeness (QED) is 0.916. The molecule has 1 amide bonds. The Morgan fingerprint density at radius 2 is 2.18 bits per heavy atom. The number of hydrogen-bond acceptors (Lipinski definition) is 4. The zero-order chi connectivity index (χ0) is 15.4. The van der Waals surface area contributed by atoms with Gasteiger partial charge in [0.2, 0.25) is 0 Å². The lowest BCUT2D eigenvalue weighted by atomic mass is 10.0. The molecule has 1 aromatic carbocycles. The Hall–Kier alpha value is -1.60. The summed E-state index contributed by atoms with van der Waals surface area (Å²) in [6.45, 7) is -2.07. The highest BCUT2D eigenvalue weighted by atomic mass is 35.5. The molecule has 0 aromatic heterocycles. The van der Waals surface area contributed by atoms with Gasteiger partial charge in [-0.05, 0) is 25.0 Å². The molecule has 1 heterocycles. The summed E-state index contributed by atoms with van der Waals surface area (Å²) in [6.07, 6.45) is 1.64. The Bertz CT molecular complexity index is 517. The molecular weight excluding hydrogens is 318 g/mol. The number of benzene rings is 1. The van der Waals surface area contributed by atoms with Gasteiger partial charge >= 0.3 is 6.61 Å².